The van der Waals surface area contributed by atoms with E-state index >= 15 is 0 Å². The first-order valence-electron chi connectivity index (χ1n) is 10.5. The molecule has 7 nitrogen and oxygen atoms in total. The molecule has 0 spiro atoms. The molecule has 1 aromatic heterocycles. The summed E-state index contributed by atoms with van der Waals surface area (Å²) in [6.45, 7) is 0.458. The predicted molar refractivity (Wildman–Crippen MR) is 127 cm³/mol. The van der Waals surface area contributed by atoms with Gasteiger partial charge in [0.15, 0.2) is 0 Å². The van der Waals surface area contributed by atoms with Crippen molar-refractivity contribution in [2.45, 2.75) is 12.5 Å². The van der Waals surface area contributed by atoms with E-state index in [-0.39, 0.29) is 23.1 Å². The summed E-state index contributed by atoms with van der Waals surface area (Å²) in [5, 5.41) is 28.1. The molecule has 0 bridgehead atoms. The summed E-state index contributed by atoms with van der Waals surface area (Å²) in [6, 6.07) is 24.2. The van der Waals surface area contributed by atoms with Crippen molar-refractivity contribution in [1.82, 2.24) is 10.2 Å². The lowest BCUT2D eigenvalue weighted by Gasteiger charge is -2.24. The van der Waals surface area contributed by atoms with Crippen LogP contribution in [0.3, 0.4) is 0 Å². The molecule has 4 aromatic rings. The van der Waals surface area contributed by atoms with Crippen LogP contribution in [-0.2, 0) is 6.61 Å². The molecule has 0 unspecified atom stereocenters. The van der Waals surface area contributed by atoms with E-state index in [4.69, 9.17) is 26.8 Å². The minimum Gasteiger partial charge on any atom is -0.508 e. The fourth-order valence-electron chi connectivity index (χ4n) is 3.99. The Labute approximate surface area is 200 Å². The molecule has 1 aliphatic rings. The van der Waals surface area contributed by atoms with Gasteiger partial charge >= 0.3 is 0 Å². The third-order valence-corrected chi connectivity index (χ3v) is 5.87. The van der Waals surface area contributed by atoms with E-state index in [2.05, 4.69) is 16.3 Å². The quantitative estimate of drug-likeness (QED) is 0.367. The van der Waals surface area contributed by atoms with Gasteiger partial charge in [-0.15, -0.1) is 5.10 Å². The number of rotatable bonds is 5. The van der Waals surface area contributed by atoms with Gasteiger partial charge in [0.05, 0.1) is 17.2 Å². The number of phenols is 1. The van der Waals surface area contributed by atoms with Gasteiger partial charge in [0.2, 0.25) is 11.8 Å². The largest absolute Gasteiger partial charge is 0.508 e. The first-order valence-corrected chi connectivity index (χ1v) is 10.8. The van der Waals surface area contributed by atoms with E-state index < -0.39 is 5.92 Å². The molecule has 3 aromatic carbocycles. The number of fused-ring (bicyclic) bond motifs is 1. The van der Waals surface area contributed by atoms with Crippen molar-refractivity contribution in [2.24, 2.45) is 5.73 Å². The van der Waals surface area contributed by atoms with Crippen molar-refractivity contribution in [3.8, 4) is 34.7 Å². The van der Waals surface area contributed by atoms with Crippen LogP contribution in [0.5, 0.6) is 17.4 Å². The number of phenolic OH excluding ortho intramolecular Hbond substituents is 1. The van der Waals surface area contributed by atoms with Gasteiger partial charge in [0.1, 0.15) is 29.7 Å². The van der Waals surface area contributed by atoms with Crippen molar-refractivity contribution in [3.05, 3.63) is 106 Å². The van der Waals surface area contributed by atoms with E-state index in [1.165, 1.54) is 6.07 Å². The Hall–Kier alpha value is -4.41. The van der Waals surface area contributed by atoms with Crippen LogP contribution in [0.4, 0.5) is 0 Å². The highest BCUT2D eigenvalue weighted by Crippen LogP contribution is 2.48. The van der Waals surface area contributed by atoms with Crippen LogP contribution in [0.2, 0.25) is 5.02 Å². The number of nitrogens with one attached hydrogen (secondary N) is 1. The summed E-state index contributed by atoms with van der Waals surface area (Å²) in [4.78, 5) is 0. The molecule has 0 saturated carbocycles. The molecule has 0 saturated heterocycles. The van der Waals surface area contributed by atoms with Gasteiger partial charge in [-0.2, -0.15) is 5.26 Å². The Bertz CT molecular complexity index is 1420. The minimum absolute atomic E-state index is 0.0143. The summed E-state index contributed by atoms with van der Waals surface area (Å²) < 4.78 is 11.5. The van der Waals surface area contributed by atoms with Crippen LogP contribution in [0.25, 0.3) is 11.3 Å². The molecule has 0 amide bonds. The second kappa shape index (κ2) is 8.85. The Morgan fingerprint density at radius 2 is 1.88 bits per heavy atom. The van der Waals surface area contributed by atoms with Gasteiger partial charge in [-0.1, -0.05) is 41.9 Å². The third kappa shape index (κ3) is 3.91. The number of aromatic nitrogens is 2. The Kier molecular flexibility index (Phi) is 5.58. The van der Waals surface area contributed by atoms with Crippen molar-refractivity contribution >= 4 is 11.6 Å². The third-order valence-electron chi connectivity index (χ3n) is 5.63. The molecule has 5 rings (SSSR count). The number of hydrogen-bond acceptors (Lipinski definition) is 6. The number of benzene rings is 3. The Morgan fingerprint density at radius 3 is 2.62 bits per heavy atom. The van der Waals surface area contributed by atoms with Crippen LogP contribution in [-0.4, -0.2) is 15.3 Å². The molecule has 8 heteroatoms. The van der Waals surface area contributed by atoms with Gasteiger partial charge in [0, 0.05) is 16.1 Å². The Balaban J connectivity index is 1.52. The average molecular weight is 471 g/mol. The maximum absolute atomic E-state index is 10.6. The lowest BCUT2D eigenvalue weighted by atomic mass is 9.82. The first kappa shape index (κ1) is 21.4. The van der Waals surface area contributed by atoms with E-state index in [1.54, 1.807) is 12.1 Å². The number of allylic oxidation sites excluding steroid dienone is 1. The maximum atomic E-state index is 10.6. The molecule has 1 atom stereocenters. The lowest BCUT2D eigenvalue weighted by molar-refractivity contribution is 0.306. The topological polar surface area (TPSA) is 117 Å². The number of halogens is 1. The van der Waals surface area contributed by atoms with Crippen LogP contribution < -0.4 is 15.2 Å². The molecule has 2 heterocycles. The molecule has 34 heavy (non-hydrogen) atoms. The standard InChI is InChI=1S/C26H19ClN4O3/c27-17-8-11-21(32)19(12-17)22-20(13-28)25(29)34-26-23(22)24(30-31-26)16-6-9-18(10-7-16)33-14-15-4-2-1-3-5-15/h1-12,22,32H,14,29H2,(H,30,31)/t22-/m0/s1. The average Bonchev–Trinajstić information content (AvgIpc) is 3.27. The van der Waals surface area contributed by atoms with Gasteiger partial charge in [-0.05, 0) is 48.0 Å². The number of H-pyrrole nitrogens is 1. The lowest BCUT2D eigenvalue weighted by Crippen LogP contribution is -2.21. The zero-order valence-corrected chi connectivity index (χ0v) is 18.6. The zero-order chi connectivity index (χ0) is 23.7. The first-order chi connectivity index (χ1) is 16.5. The molecule has 0 radical (unpaired) electrons. The van der Waals surface area contributed by atoms with Crippen molar-refractivity contribution in [3.63, 3.8) is 0 Å². The van der Waals surface area contributed by atoms with Crippen LogP contribution >= 0.6 is 11.6 Å². The molecule has 0 fully saturated rings. The van der Waals surface area contributed by atoms with Crippen LogP contribution in [0, 0.1) is 11.3 Å². The van der Waals surface area contributed by atoms with Crippen molar-refractivity contribution in [1.29, 1.82) is 5.26 Å². The SMILES string of the molecule is N#CC1=C(N)Oc2n[nH]c(-c3ccc(OCc4ccccc4)cc3)c2[C@H]1c1cc(Cl)ccc1O. The minimum atomic E-state index is -0.713. The maximum Gasteiger partial charge on any atom is 0.244 e. The Morgan fingerprint density at radius 1 is 1.12 bits per heavy atom. The fraction of sp³-hybridized carbons (Fsp3) is 0.0769. The smallest absolute Gasteiger partial charge is 0.244 e. The monoisotopic (exact) mass is 470 g/mol. The predicted octanol–water partition coefficient (Wildman–Crippen LogP) is 5.23. The fourth-order valence-corrected chi connectivity index (χ4v) is 4.17. The summed E-state index contributed by atoms with van der Waals surface area (Å²) in [7, 11) is 0. The van der Waals surface area contributed by atoms with E-state index in [1.807, 2.05) is 54.6 Å². The summed E-state index contributed by atoms with van der Waals surface area (Å²) in [5.41, 5.74) is 9.71. The van der Waals surface area contributed by atoms with Gasteiger partial charge in [-0.25, -0.2) is 0 Å². The molecule has 4 N–H and O–H groups in total. The number of aromatic amines is 1. The van der Waals surface area contributed by atoms with E-state index in [9.17, 15) is 10.4 Å². The summed E-state index contributed by atoms with van der Waals surface area (Å²) in [6.07, 6.45) is 0. The van der Waals surface area contributed by atoms with Gasteiger partial charge in [0.25, 0.3) is 0 Å². The van der Waals surface area contributed by atoms with Crippen LogP contribution in [0.1, 0.15) is 22.6 Å². The summed E-state index contributed by atoms with van der Waals surface area (Å²) in [5.74, 6) is 0.153. The highest BCUT2D eigenvalue weighted by molar-refractivity contribution is 6.30. The summed E-state index contributed by atoms with van der Waals surface area (Å²) >= 11 is 6.20. The second-order valence-electron chi connectivity index (χ2n) is 7.74. The van der Waals surface area contributed by atoms with Gasteiger partial charge in [-0.3, -0.25) is 5.10 Å². The number of nitrogens with two attached hydrogens (primary N) is 1. The number of aromatic hydroxyl groups is 1. The second-order valence-corrected chi connectivity index (χ2v) is 8.18. The highest BCUT2D eigenvalue weighted by atomic mass is 35.5. The van der Waals surface area contributed by atoms with Crippen molar-refractivity contribution in [2.75, 3.05) is 0 Å². The number of nitriles is 1. The normalized spacial score (nSPS) is 14.8. The van der Waals surface area contributed by atoms with Crippen molar-refractivity contribution < 1.29 is 14.6 Å². The number of hydrogen-bond donors (Lipinski definition) is 3. The number of nitrogens with zero attached hydrogens (tertiary/aromatic N) is 2. The zero-order valence-electron chi connectivity index (χ0n) is 17.8. The highest BCUT2D eigenvalue weighted by Gasteiger charge is 2.37. The molecule has 0 aliphatic carbocycles. The van der Waals surface area contributed by atoms with E-state index in [0.717, 1.165) is 11.1 Å². The van der Waals surface area contributed by atoms with Gasteiger partial charge < -0.3 is 20.3 Å². The molecule has 1 aliphatic heterocycles. The molecular formula is C26H19ClN4O3. The molecular weight excluding hydrogens is 452 g/mol. The van der Waals surface area contributed by atoms with E-state index in [0.29, 0.717) is 34.2 Å². The number of ether oxygens (including phenoxy) is 2. The molecule has 168 valence electrons. The van der Waals surface area contributed by atoms with Crippen LogP contribution in [0.15, 0.2) is 84.3 Å².